The van der Waals surface area contributed by atoms with E-state index in [1.807, 2.05) is 12.1 Å². The highest BCUT2D eigenvalue weighted by Gasteiger charge is 2.15. The van der Waals surface area contributed by atoms with Gasteiger partial charge in [0.15, 0.2) is 0 Å². The zero-order valence-corrected chi connectivity index (χ0v) is 22.6. The Labute approximate surface area is 219 Å². The Morgan fingerprint density at radius 1 is 0.639 bits per heavy atom. The molecule has 6 nitrogen and oxygen atoms in total. The molecule has 0 bridgehead atoms. The van der Waals surface area contributed by atoms with E-state index < -0.39 is 0 Å². The number of unbranched alkanes of at least 4 members (excludes halogenated alkanes) is 1. The lowest BCUT2D eigenvalue weighted by molar-refractivity contribution is 0.0926. The summed E-state index contributed by atoms with van der Waals surface area (Å²) >= 11 is 0. The van der Waals surface area contributed by atoms with E-state index >= 15 is 0 Å². The summed E-state index contributed by atoms with van der Waals surface area (Å²) in [7, 11) is 0. The van der Waals surface area contributed by atoms with E-state index in [2.05, 4.69) is 82.8 Å². The fraction of sp³-hybridized carbons (Fsp3) is 0.600. The molecule has 0 saturated carbocycles. The number of nitrogens with zero attached hydrogens (tertiary/aromatic N) is 2. The van der Waals surface area contributed by atoms with Crippen LogP contribution in [0.2, 0.25) is 0 Å². The molecule has 0 aromatic heterocycles. The molecular formula is C30H50N4O2. The highest BCUT2D eigenvalue weighted by molar-refractivity contribution is 5.15. The van der Waals surface area contributed by atoms with E-state index in [0.717, 1.165) is 78.0 Å². The molecule has 0 heterocycles. The number of hydrogen-bond donors (Lipinski definition) is 4. The molecule has 6 heteroatoms. The van der Waals surface area contributed by atoms with Crippen LogP contribution in [0.3, 0.4) is 0 Å². The summed E-state index contributed by atoms with van der Waals surface area (Å²) in [5.41, 5.74) is 2.57. The smallest absolute Gasteiger partial charge is 0.0679 e. The normalized spacial score (nSPS) is 13.4. The Balaban J connectivity index is 1.87. The van der Waals surface area contributed by atoms with Crippen molar-refractivity contribution in [2.45, 2.75) is 64.8 Å². The monoisotopic (exact) mass is 498 g/mol. The molecule has 2 rings (SSSR count). The Morgan fingerprint density at radius 2 is 1.03 bits per heavy atom. The second-order valence-electron chi connectivity index (χ2n) is 9.74. The average molecular weight is 499 g/mol. The zero-order valence-electron chi connectivity index (χ0n) is 22.6. The molecular weight excluding hydrogens is 448 g/mol. The Hall–Kier alpha value is -1.80. The van der Waals surface area contributed by atoms with Crippen molar-refractivity contribution < 1.29 is 10.2 Å². The van der Waals surface area contributed by atoms with Gasteiger partial charge in [-0.05, 0) is 76.1 Å². The standard InChI is InChI=1S/C30H50N4O2/c1-3-31-19-17-29(35)25-33(23-27-13-7-5-8-14-27)21-11-12-22-34(24-28-15-9-6-10-16-28)26-30(36)18-20-32-4-2/h5-10,13-16,29-32,35-36H,3-4,11-12,17-26H2,1-2H3. The van der Waals surface area contributed by atoms with Gasteiger partial charge in [-0.3, -0.25) is 9.80 Å². The first-order chi connectivity index (χ1) is 17.6. The first-order valence-corrected chi connectivity index (χ1v) is 13.9. The van der Waals surface area contributed by atoms with Gasteiger partial charge in [-0.2, -0.15) is 0 Å². The van der Waals surface area contributed by atoms with Crippen molar-refractivity contribution in [1.29, 1.82) is 0 Å². The van der Waals surface area contributed by atoms with Crippen LogP contribution in [0, 0.1) is 0 Å². The van der Waals surface area contributed by atoms with E-state index in [4.69, 9.17) is 0 Å². The SMILES string of the molecule is CCNCCC(O)CN(CCCCN(Cc1ccccc1)CC(O)CCNCC)Cc1ccccc1. The maximum atomic E-state index is 10.6. The van der Waals surface area contributed by atoms with Crippen LogP contribution in [0.25, 0.3) is 0 Å². The summed E-state index contributed by atoms with van der Waals surface area (Å²) in [6.07, 6.45) is 3.02. The maximum absolute atomic E-state index is 10.6. The molecule has 0 fully saturated rings. The van der Waals surface area contributed by atoms with Gasteiger partial charge in [0.1, 0.15) is 0 Å². The first-order valence-electron chi connectivity index (χ1n) is 13.9. The van der Waals surface area contributed by atoms with E-state index in [-0.39, 0.29) is 12.2 Å². The Morgan fingerprint density at radius 3 is 1.39 bits per heavy atom. The highest BCUT2D eigenvalue weighted by atomic mass is 16.3. The summed E-state index contributed by atoms with van der Waals surface area (Å²) in [6.45, 7) is 12.8. The fourth-order valence-corrected chi connectivity index (χ4v) is 4.49. The van der Waals surface area contributed by atoms with Crippen molar-refractivity contribution in [3.63, 3.8) is 0 Å². The van der Waals surface area contributed by atoms with Crippen molar-refractivity contribution in [3.05, 3.63) is 71.8 Å². The molecule has 2 aromatic rings. The second-order valence-corrected chi connectivity index (χ2v) is 9.74. The molecule has 0 amide bonds. The van der Waals surface area contributed by atoms with Gasteiger partial charge in [0.05, 0.1) is 12.2 Å². The summed E-state index contributed by atoms with van der Waals surface area (Å²) < 4.78 is 0. The van der Waals surface area contributed by atoms with Crippen LogP contribution < -0.4 is 10.6 Å². The molecule has 0 saturated heterocycles. The van der Waals surface area contributed by atoms with Crippen LogP contribution in [-0.2, 0) is 13.1 Å². The predicted molar refractivity (Wildman–Crippen MR) is 151 cm³/mol. The van der Waals surface area contributed by atoms with Crippen molar-refractivity contribution in [1.82, 2.24) is 20.4 Å². The van der Waals surface area contributed by atoms with Crippen LogP contribution in [0.15, 0.2) is 60.7 Å². The van der Waals surface area contributed by atoms with Gasteiger partial charge >= 0.3 is 0 Å². The lowest BCUT2D eigenvalue weighted by Gasteiger charge is -2.27. The minimum Gasteiger partial charge on any atom is -0.392 e. The van der Waals surface area contributed by atoms with Crippen LogP contribution in [0.4, 0.5) is 0 Å². The number of aliphatic hydroxyl groups is 2. The van der Waals surface area contributed by atoms with E-state index in [0.29, 0.717) is 13.1 Å². The van der Waals surface area contributed by atoms with Crippen LogP contribution in [0.1, 0.15) is 50.7 Å². The Kier molecular flexibility index (Phi) is 16.3. The van der Waals surface area contributed by atoms with Crippen molar-refractivity contribution in [2.75, 3.05) is 52.4 Å². The molecule has 2 aromatic carbocycles. The molecule has 0 spiro atoms. The number of benzene rings is 2. The zero-order chi connectivity index (χ0) is 25.8. The van der Waals surface area contributed by atoms with E-state index in [1.54, 1.807) is 0 Å². The van der Waals surface area contributed by atoms with Crippen LogP contribution in [-0.4, -0.2) is 84.6 Å². The Bertz CT molecular complexity index is 697. The third-order valence-electron chi connectivity index (χ3n) is 6.44. The van der Waals surface area contributed by atoms with Gasteiger partial charge in [0, 0.05) is 26.2 Å². The topological polar surface area (TPSA) is 71.0 Å². The molecule has 0 aliphatic carbocycles. The molecule has 4 N–H and O–H groups in total. The molecule has 202 valence electrons. The van der Waals surface area contributed by atoms with Crippen molar-refractivity contribution in [2.24, 2.45) is 0 Å². The molecule has 0 radical (unpaired) electrons. The lowest BCUT2D eigenvalue weighted by atomic mass is 10.1. The summed E-state index contributed by atoms with van der Waals surface area (Å²) in [5, 5.41) is 27.8. The average Bonchev–Trinajstić information content (AvgIpc) is 2.88. The summed E-state index contributed by atoms with van der Waals surface area (Å²) in [5.74, 6) is 0. The quantitative estimate of drug-likeness (QED) is 0.198. The van der Waals surface area contributed by atoms with Gasteiger partial charge in [-0.25, -0.2) is 0 Å². The van der Waals surface area contributed by atoms with Gasteiger partial charge in [0.25, 0.3) is 0 Å². The van der Waals surface area contributed by atoms with Crippen molar-refractivity contribution >= 4 is 0 Å². The fourth-order valence-electron chi connectivity index (χ4n) is 4.49. The minimum atomic E-state index is -0.325. The number of rotatable bonds is 21. The number of aliphatic hydroxyl groups excluding tert-OH is 2. The number of nitrogens with one attached hydrogen (secondary N) is 2. The van der Waals surface area contributed by atoms with Gasteiger partial charge in [-0.15, -0.1) is 0 Å². The summed E-state index contributed by atoms with van der Waals surface area (Å²) in [6, 6.07) is 21.1. The molecule has 2 atom stereocenters. The van der Waals surface area contributed by atoms with E-state index in [1.165, 1.54) is 11.1 Å². The maximum Gasteiger partial charge on any atom is 0.0679 e. The summed E-state index contributed by atoms with van der Waals surface area (Å²) in [4.78, 5) is 4.78. The second kappa shape index (κ2) is 19.3. The largest absolute Gasteiger partial charge is 0.392 e. The van der Waals surface area contributed by atoms with Crippen molar-refractivity contribution in [3.8, 4) is 0 Å². The van der Waals surface area contributed by atoms with Crippen LogP contribution >= 0.6 is 0 Å². The molecule has 2 unspecified atom stereocenters. The molecule has 0 aliphatic heterocycles. The lowest BCUT2D eigenvalue weighted by Crippen LogP contribution is -2.36. The predicted octanol–water partition coefficient (Wildman–Crippen LogP) is 3.49. The highest BCUT2D eigenvalue weighted by Crippen LogP contribution is 2.11. The van der Waals surface area contributed by atoms with Gasteiger partial charge in [0.2, 0.25) is 0 Å². The third-order valence-corrected chi connectivity index (χ3v) is 6.44. The first kappa shape index (κ1) is 30.4. The minimum absolute atomic E-state index is 0.325. The molecule has 0 aliphatic rings. The molecule has 36 heavy (non-hydrogen) atoms. The number of hydrogen-bond acceptors (Lipinski definition) is 6. The van der Waals surface area contributed by atoms with E-state index in [9.17, 15) is 10.2 Å². The van der Waals surface area contributed by atoms with Crippen LogP contribution in [0.5, 0.6) is 0 Å². The van der Waals surface area contributed by atoms with Gasteiger partial charge in [-0.1, -0.05) is 74.5 Å². The third kappa shape index (κ3) is 14.1. The van der Waals surface area contributed by atoms with Gasteiger partial charge < -0.3 is 20.8 Å².